The van der Waals surface area contributed by atoms with Gasteiger partial charge in [0.1, 0.15) is 12.3 Å². The van der Waals surface area contributed by atoms with Gasteiger partial charge < -0.3 is 9.64 Å². The second kappa shape index (κ2) is 7.78. The molecule has 2 aromatic carbocycles. The first-order valence-electron chi connectivity index (χ1n) is 8.45. The van der Waals surface area contributed by atoms with Gasteiger partial charge in [0.2, 0.25) is 15.9 Å². The van der Waals surface area contributed by atoms with Gasteiger partial charge in [-0.1, -0.05) is 35.9 Å². The van der Waals surface area contributed by atoms with Crippen LogP contribution in [0.4, 0.5) is 5.69 Å². The number of nitrogens with zero attached hydrogens (tertiary/aromatic N) is 2. The lowest BCUT2D eigenvalue weighted by atomic mass is 10.00. The van der Waals surface area contributed by atoms with Crippen LogP contribution >= 0.6 is 11.6 Å². The highest BCUT2D eigenvalue weighted by atomic mass is 35.5. The zero-order chi connectivity index (χ0) is 19.6. The van der Waals surface area contributed by atoms with Crippen molar-refractivity contribution in [2.45, 2.75) is 13.0 Å². The van der Waals surface area contributed by atoms with Gasteiger partial charge in [0, 0.05) is 18.1 Å². The van der Waals surface area contributed by atoms with E-state index in [-0.39, 0.29) is 18.1 Å². The number of methoxy groups -OCH3 is 1. The van der Waals surface area contributed by atoms with Crippen molar-refractivity contribution in [1.29, 1.82) is 0 Å². The molecule has 1 aliphatic rings. The molecule has 0 atom stereocenters. The van der Waals surface area contributed by atoms with Gasteiger partial charge in [-0.3, -0.25) is 9.10 Å². The lowest BCUT2D eigenvalue weighted by Gasteiger charge is -2.31. The lowest BCUT2D eigenvalue weighted by molar-refractivity contribution is -0.130. The molecule has 6 nitrogen and oxygen atoms in total. The second-order valence-corrected chi connectivity index (χ2v) is 8.76. The Hall–Kier alpha value is -2.25. The van der Waals surface area contributed by atoms with Gasteiger partial charge in [-0.2, -0.15) is 0 Å². The van der Waals surface area contributed by atoms with Crippen molar-refractivity contribution in [2.75, 3.05) is 30.8 Å². The van der Waals surface area contributed by atoms with E-state index in [1.807, 2.05) is 18.2 Å². The van der Waals surface area contributed by atoms with Crippen molar-refractivity contribution < 1.29 is 17.9 Å². The molecule has 0 N–H and O–H groups in total. The van der Waals surface area contributed by atoms with Crippen LogP contribution in [0.15, 0.2) is 42.5 Å². The number of ether oxygens (including phenoxy) is 1. The van der Waals surface area contributed by atoms with Crippen molar-refractivity contribution in [2.24, 2.45) is 0 Å². The van der Waals surface area contributed by atoms with Crippen LogP contribution in [0.25, 0.3) is 0 Å². The Morgan fingerprint density at radius 2 is 1.93 bits per heavy atom. The van der Waals surface area contributed by atoms with E-state index in [1.165, 1.54) is 18.7 Å². The number of carbonyl (C=O) groups excluding carboxylic acids is 1. The average Bonchev–Trinajstić information content (AvgIpc) is 2.64. The van der Waals surface area contributed by atoms with Gasteiger partial charge in [-0.05, 0) is 35.7 Å². The van der Waals surface area contributed by atoms with Crippen LogP contribution in [0.1, 0.15) is 11.1 Å². The number of amides is 1. The molecule has 1 amide bonds. The molecule has 144 valence electrons. The average molecular weight is 409 g/mol. The highest BCUT2D eigenvalue weighted by Crippen LogP contribution is 2.33. The minimum Gasteiger partial charge on any atom is -0.495 e. The van der Waals surface area contributed by atoms with E-state index in [1.54, 1.807) is 17.0 Å². The normalized spacial score (nSPS) is 13.8. The van der Waals surface area contributed by atoms with Gasteiger partial charge in [0.05, 0.1) is 19.1 Å². The fourth-order valence-electron chi connectivity index (χ4n) is 3.17. The predicted molar refractivity (Wildman–Crippen MR) is 106 cm³/mol. The Bertz CT molecular complexity index is 962. The summed E-state index contributed by atoms with van der Waals surface area (Å²) in [7, 11) is -2.27. The fraction of sp³-hybridized carbons (Fsp3) is 0.316. The molecule has 0 saturated carbocycles. The predicted octanol–water partition coefficient (Wildman–Crippen LogP) is 2.70. The molecule has 0 aromatic heterocycles. The first-order chi connectivity index (χ1) is 12.8. The third-order valence-corrected chi connectivity index (χ3v) is 5.93. The number of fused-ring (bicyclic) bond motifs is 1. The maximum Gasteiger partial charge on any atom is 0.243 e. The Kier molecular flexibility index (Phi) is 5.62. The third-order valence-electron chi connectivity index (χ3n) is 4.57. The smallest absolute Gasteiger partial charge is 0.243 e. The number of halogens is 1. The summed E-state index contributed by atoms with van der Waals surface area (Å²) >= 11 is 6.04. The Morgan fingerprint density at radius 3 is 2.59 bits per heavy atom. The number of benzene rings is 2. The fourth-order valence-corrected chi connectivity index (χ4v) is 4.18. The molecular formula is C19H21ClN2O4S. The van der Waals surface area contributed by atoms with E-state index in [9.17, 15) is 13.2 Å². The Morgan fingerprint density at radius 1 is 1.22 bits per heavy atom. The molecule has 0 radical (unpaired) electrons. The van der Waals surface area contributed by atoms with E-state index >= 15 is 0 Å². The van der Waals surface area contributed by atoms with E-state index in [0.29, 0.717) is 23.9 Å². The highest BCUT2D eigenvalue weighted by Gasteiger charge is 2.28. The number of sulfonamides is 1. The van der Waals surface area contributed by atoms with Crippen molar-refractivity contribution in [1.82, 2.24) is 4.90 Å². The van der Waals surface area contributed by atoms with Crippen LogP contribution in [0.2, 0.25) is 5.02 Å². The van der Waals surface area contributed by atoms with Gasteiger partial charge >= 0.3 is 0 Å². The minimum atomic E-state index is -3.71. The van der Waals surface area contributed by atoms with Crippen LogP contribution in [0.5, 0.6) is 5.75 Å². The molecule has 1 heterocycles. The van der Waals surface area contributed by atoms with E-state index < -0.39 is 10.0 Å². The summed E-state index contributed by atoms with van der Waals surface area (Å²) in [6.45, 7) is 0.719. The molecule has 1 aliphatic heterocycles. The van der Waals surface area contributed by atoms with Crippen molar-refractivity contribution in [3.63, 3.8) is 0 Å². The molecule has 0 saturated heterocycles. The Balaban J connectivity index is 1.86. The van der Waals surface area contributed by atoms with E-state index in [2.05, 4.69) is 6.07 Å². The molecular weight excluding hydrogens is 388 g/mol. The summed E-state index contributed by atoms with van der Waals surface area (Å²) in [5.74, 6) is 0.0681. The molecule has 0 spiro atoms. The first kappa shape index (κ1) is 19.5. The molecule has 0 fully saturated rings. The molecule has 27 heavy (non-hydrogen) atoms. The first-order valence-corrected chi connectivity index (χ1v) is 10.7. The number of hydrogen-bond donors (Lipinski definition) is 0. The van der Waals surface area contributed by atoms with E-state index in [0.717, 1.165) is 22.5 Å². The lowest BCUT2D eigenvalue weighted by Crippen LogP contribution is -2.44. The molecule has 3 rings (SSSR count). The second-order valence-electron chi connectivity index (χ2n) is 6.42. The van der Waals surface area contributed by atoms with Crippen LogP contribution < -0.4 is 9.04 Å². The number of hydrogen-bond acceptors (Lipinski definition) is 4. The monoisotopic (exact) mass is 408 g/mol. The van der Waals surface area contributed by atoms with Crippen LogP contribution in [-0.2, 0) is 27.8 Å². The zero-order valence-corrected chi connectivity index (χ0v) is 16.8. The summed E-state index contributed by atoms with van der Waals surface area (Å²) in [5.41, 5.74) is 2.56. The van der Waals surface area contributed by atoms with Crippen molar-refractivity contribution >= 4 is 33.2 Å². The van der Waals surface area contributed by atoms with Crippen LogP contribution in [0, 0.1) is 0 Å². The largest absolute Gasteiger partial charge is 0.495 e. The van der Waals surface area contributed by atoms with Crippen molar-refractivity contribution in [3.05, 3.63) is 58.6 Å². The van der Waals surface area contributed by atoms with Crippen molar-refractivity contribution in [3.8, 4) is 5.75 Å². The van der Waals surface area contributed by atoms with Gasteiger partial charge in [-0.25, -0.2) is 8.42 Å². The molecule has 2 aromatic rings. The third kappa shape index (κ3) is 4.36. The molecule has 8 heteroatoms. The number of carbonyl (C=O) groups is 1. The molecule has 0 unspecified atom stereocenters. The van der Waals surface area contributed by atoms with Crippen LogP contribution in [-0.4, -0.2) is 45.7 Å². The Labute approximate surface area is 164 Å². The number of rotatable bonds is 5. The summed E-state index contributed by atoms with van der Waals surface area (Å²) in [6, 6.07) is 12.6. The molecule has 0 bridgehead atoms. The maximum absolute atomic E-state index is 12.9. The zero-order valence-electron chi connectivity index (χ0n) is 15.2. The SMILES string of the molecule is COc1ccc(Cl)cc1N(CC(=O)N1CCc2ccccc2C1)S(C)(=O)=O. The standard InChI is InChI=1S/C19H21ClN2O4S/c1-26-18-8-7-16(20)11-17(18)22(27(2,24)25)13-19(23)21-10-9-14-5-3-4-6-15(14)12-21/h3-8,11H,9-10,12-13H2,1-2H3. The topological polar surface area (TPSA) is 66.9 Å². The summed E-state index contributed by atoms with van der Waals surface area (Å²) in [4.78, 5) is 14.5. The minimum absolute atomic E-state index is 0.248. The van der Waals surface area contributed by atoms with Crippen LogP contribution in [0.3, 0.4) is 0 Å². The van der Waals surface area contributed by atoms with Gasteiger partial charge in [0.15, 0.2) is 0 Å². The summed E-state index contributed by atoms with van der Waals surface area (Å²) < 4.78 is 31.1. The van der Waals surface area contributed by atoms with Gasteiger partial charge in [0.25, 0.3) is 0 Å². The maximum atomic E-state index is 12.9. The van der Waals surface area contributed by atoms with Gasteiger partial charge in [-0.15, -0.1) is 0 Å². The van der Waals surface area contributed by atoms with E-state index in [4.69, 9.17) is 16.3 Å². The summed E-state index contributed by atoms with van der Waals surface area (Å²) in [5, 5.41) is 0.360. The molecule has 0 aliphatic carbocycles. The summed E-state index contributed by atoms with van der Waals surface area (Å²) in [6.07, 6.45) is 1.81. The number of anilines is 1. The highest BCUT2D eigenvalue weighted by molar-refractivity contribution is 7.92. The quantitative estimate of drug-likeness (QED) is 0.762.